The number of ether oxygens (including phenoxy) is 1. The highest BCUT2D eigenvalue weighted by molar-refractivity contribution is 6.30. The molecule has 1 unspecified atom stereocenters. The zero-order chi connectivity index (χ0) is 21.7. The van der Waals surface area contributed by atoms with E-state index < -0.39 is 12.5 Å². The molecule has 3 rings (SSSR count). The topological polar surface area (TPSA) is 49.9 Å². The third-order valence-electron chi connectivity index (χ3n) is 5.10. The Morgan fingerprint density at radius 3 is 2.60 bits per heavy atom. The van der Waals surface area contributed by atoms with E-state index >= 15 is 0 Å². The molecule has 1 fully saturated rings. The molecule has 160 valence electrons. The van der Waals surface area contributed by atoms with Crippen LogP contribution in [-0.2, 0) is 11.3 Å². The highest BCUT2D eigenvalue weighted by atomic mass is 35.5. The maximum absolute atomic E-state index is 12.9. The Morgan fingerprint density at radius 1 is 1.20 bits per heavy atom. The van der Waals surface area contributed by atoms with Crippen molar-refractivity contribution in [3.8, 4) is 5.75 Å². The second kappa shape index (κ2) is 9.89. The van der Waals surface area contributed by atoms with Gasteiger partial charge in [-0.25, -0.2) is 0 Å². The first kappa shape index (κ1) is 22.0. The number of rotatable bonds is 6. The van der Waals surface area contributed by atoms with E-state index in [4.69, 9.17) is 11.6 Å². The predicted octanol–water partition coefficient (Wildman–Crippen LogP) is 4.45. The molecule has 1 aliphatic heterocycles. The number of carbonyl (C=O) groups is 2. The molecule has 0 aliphatic carbocycles. The van der Waals surface area contributed by atoms with Gasteiger partial charge in [-0.15, -0.1) is 0 Å². The summed E-state index contributed by atoms with van der Waals surface area (Å²) >= 11 is 5.90. The van der Waals surface area contributed by atoms with Gasteiger partial charge in [0, 0.05) is 31.7 Å². The Labute approximate surface area is 179 Å². The van der Waals surface area contributed by atoms with Crippen LogP contribution in [0.25, 0.3) is 0 Å². The lowest BCUT2D eigenvalue weighted by molar-refractivity contribution is -0.136. The van der Waals surface area contributed by atoms with Crippen molar-refractivity contribution in [1.29, 1.82) is 0 Å². The average Bonchev–Trinajstić information content (AvgIpc) is 2.74. The number of piperidine rings is 1. The molecule has 0 spiro atoms. The lowest BCUT2D eigenvalue weighted by atomic mass is 9.95. The van der Waals surface area contributed by atoms with E-state index in [1.54, 1.807) is 30.1 Å². The van der Waals surface area contributed by atoms with Gasteiger partial charge >= 0.3 is 6.61 Å². The van der Waals surface area contributed by atoms with E-state index in [1.165, 1.54) is 23.1 Å². The first-order valence-corrected chi connectivity index (χ1v) is 10.1. The number of para-hydroxylation sites is 1. The normalized spacial score (nSPS) is 16.4. The number of halogens is 3. The molecule has 1 aliphatic rings. The summed E-state index contributed by atoms with van der Waals surface area (Å²) in [4.78, 5) is 29.0. The van der Waals surface area contributed by atoms with Crippen LogP contribution in [0.15, 0.2) is 48.5 Å². The van der Waals surface area contributed by atoms with Gasteiger partial charge in [0.15, 0.2) is 0 Å². The van der Waals surface area contributed by atoms with Crippen molar-refractivity contribution in [1.82, 2.24) is 9.80 Å². The van der Waals surface area contributed by atoms with Crippen LogP contribution in [0.3, 0.4) is 0 Å². The van der Waals surface area contributed by atoms with Crippen LogP contribution >= 0.6 is 11.6 Å². The van der Waals surface area contributed by atoms with Crippen LogP contribution in [0.5, 0.6) is 5.75 Å². The van der Waals surface area contributed by atoms with Crippen molar-refractivity contribution in [3.05, 3.63) is 64.7 Å². The SMILES string of the molecule is CN(Cc1ccc(Cl)cc1)C(=O)C1CCCN(C(=O)c2ccccc2OC(F)F)C1. The molecule has 5 nitrogen and oxygen atoms in total. The fourth-order valence-corrected chi connectivity index (χ4v) is 3.75. The minimum absolute atomic E-state index is 0.0560. The summed E-state index contributed by atoms with van der Waals surface area (Å²) in [5, 5.41) is 0.630. The maximum Gasteiger partial charge on any atom is 0.387 e. The molecule has 8 heteroatoms. The van der Waals surface area contributed by atoms with Crippen LogP contribution in [0.2, 0.25) is 5.02 Å². The highest BCUT2D eigenvalue weighted by Gasteiger charge is 2.31. The number of alkyl halides is 2. The van der Waals surface area contributed by atoms with Crippen LogP contribution in [0.4, 0.5) is 8.78 Å². The van der Waals surface area contributed by atoms with E-state index in [1.807, 2.05) is 12.1 Å². The second-order valence-electron chi connectivity index (χ2n) is 7.29. The van der Waals surface area contributed by atoms with Crippen molar-refractivity contribution in [2.45, 2.75) is 26.0 Å². The lowest BCUT2D eigenvalue weighted by Crippen LogP contribution is -2.45. The molecule has 0 saturated carbocycles. The fraction of sp³-hybridized carbons (Fsp3) is 0.364. The third-order valence-corrected chi connectivity index (χ3v) is 5.35. The molecule has 0 bridgehead atoms. The summed E-state index contributed by atoms with van der Waals surface area (Å²) in [6.45, 7) is -1.87. The van der Waals surface area contributed by atoms with Crippen molar-refractivity contribution >= 4 is 23.4 Å². The summed E-state index contributed by atoms with van der Waals surface area (Å²) in [5.41, 5.74) is 1.03. The van der Waals surface area contributed by atoms with Crippen molar-refractivity contribution in [2.24, 2.45) is 5.92 Å². The van der Waals surface area contributed by atoms with Gasteiger partial charge in [0.1, 0.15) is 5.75 Å². The van der Waals surface area contributed by atoms with Crippen molar-refractivity contribution in [3.63, 3.8) is 0 Å². The summed E-state index contributed by atoms with van der Waals surface area (Å²) in [6, 6.07) is 13.2. The number of benzene rings is 2. The molecule has 1 atom stereocenters. The van der Waals surface area contributed by atoms with E-state index in [0.29, 0.717) is 31.0 Å². The molecule has 2 amide bonds. The number of nitrogens with zero attached hydrogens (tertiary/aromatic N) is 2. The fourth-order valence-electron chi connectivity index (χ4n) is 3.63. The van der Waals surface area contributed by atoms with Crippen LogP contribution < -0.4 is 4.74 Å². The first-order valence-electron chi connectivity index (χ1n) is 9.67. The number of hydrogen-bond acceptors (Lipinski definition) is 3. The minimum Gasteiger partial charge on any atom is -0.434 e. The van der Waals surface area contributed by atoms with Gasteiger partial charge in [-0.2, -0.15) is 8.78 Å². The quantitative estimate of drug-likeness (QED) is 0.672. The average molecular weight is 437 g/mol. The molecule has 1 saturated heterocycles. The van der Waals surface area contributed by atoms with E-state index in [2.05, 4.69) is 4.74 Å². The second-order valence-corrected chi connectivity index (χ2v) is 7.72. The Balaban J connectivity index is 1.66. The van der Waals surface area contributed by atoms with Crippen molar-refractivity contribution < 1.29 is 23.1 Å². The molecule has 0 radical (unpaired) electrons. The molecule has 2 aromatic rings. The van der Waals surface area contributed by atoms with Gasteiger partial charge in [-0.3, -0.25) is 9.59 Å². The third kappa shape index (κ3) is 5.48. The zero-order valence-electron chi connectivity index (χ0n) is 16.6. The molecular weight excluding hydrogens is 414 g/mol. The molecule has 30 heavy (non-hydrogen) atoms. The smallest absolute Gasteiger partial charge is 0.387 e. The Kier molecular flexibility index (Phi) is 7.26. The highest BCUT2D eigenvalue weighted by Crippen LogP contribution is 2.26. The largest absolute Gasteiger partial charge is 0.434 e. The van der Waals surface area contributed by atoms with Gasteiger partial charge in [-0.1, -0.05) is 35.9 Å². The minimum atomic E-state index is -3.02. The molecule has 1 heterocycles. The summed E-state index contributed by atoms with van der Waals surface area (Å²) in [5.74, 6) is -0.974. The number of amides is 2. The summed E-state index contributed by atoms with van der Waals surface area (Å²) < 4.78 is 29.8. The number of likely N-dealkylation sites (tertiary alicyclic amines) is 1. The maximum atomic E-state index is 12.9. The molecule has 0 aromatic heterocycles. The summed E-state index contributed by atoms with van der Waals surface area (Å²) in [7, 11) is 1.73. The van der Waals surface area contributed by atoms with Crippen molar-refractivity contribution in [2.75, 3.05) is 20.1 Å². The van der Waals surface area contributed by atoms with E-state index in [9.17, 15) is 18.4 Å². The number of hydrogen-bond donors (Lipinski definition) is 0. The molecule has 2 aromatic carbocycles. The van der Waals surface area contributed by atoms with E-state index in [-0.39, 0.29) is 29.7 Å². The Hall–Kier alpha value is -2.67. The Morgan fingerprint density at radius 2 is 1.90 bits per heavy atom. The van der Waals surface area contributed by atoms with E-state index in [0.717, 1.165) is 5.56 Å². The van der Waals surface area contributed by atoms with Crippen LogP contribution in [0, 0.1) is 5.92 Å². The van der Waals surface area contributed by atoms with Gasteiger partial charge in [0.05, 0.1) is 11.5 Å². The number of carbonyl (C=O) groups excluding carboxylic acids is 2. The zero-order valence-corrected chi connectivity index (χ0v) is 17.3. The lowest BCUT2D eigenvalue weighted by Gasteiger charge is -2.34. The van der Waals surface area contributed by atoms with Gasteiger partial charge in [0.25, 0.3) is 5.91 Å². The summed E-state index contributed by atoms with van der Waals surface area (Å²) in [6.07, 6.45) is 1.33. The molecular formula is C22H23ClF2N2O3. The van der Waals surface area contributed by atoms with Gasteiger partial charge in [0.2, 0.25) is 5.91 Å². The standard InChI is InChI=1S/C22H23ClF2N2O3/c1-26(13-15-8-10-17(23)11-9-15)20(28)16-5-4-12-27(14-16)21(29)18-6-2-3-7-19(18)30-22(24)25/h2-3,6-11,16,22H,4-5,12-14H2,1H3. The predicted molar refractivity (Wildman–Crippen MR) is 110 cm³/mol. The molecule has 0 N–H and O–H groups in total. The van der Waals surface area contributed by atoms with Gasteiger partial charge in [-0.05, 0) is 42.7 Å². The first-order chi connectivity index (χ1) is 14.3. The van der Waals surface area contributed by atoms with Crippen LogP contribution in [0.1, 0.15) is 28.8 Å². The van der Waals surface area contributed by atoms with Crippen LogP contribution in [-0.4, -0.2) is 48.4 Å². The van der Waals surface area contributed by atoms with Gasteiger partial charge < -0.3 is 14.5 Å². The Bertz CT molecular complexity index is 892. The monoisotopic (exact) mass is 436 g/mol.